The van der Waals surface area contributed by atoms with Gasteiger partial charge in [-0.05, 0) is 32.2 Å². The van der Waals surface area contributed by atoms with Crippen LogP contribution in [0.1, 0.15) is 38.5 Å². The quantitative estimate of drug-likeness (QED) is 0.0595. The maximum atomic E-state index is 12.7. The molecule has 1 saturated heterocycles. The van der Waals surface area contributed by atoms with E-state index >= 15 is 0 Å². The van der Waals surface area contributed by atoms with Crippen LogP contribution in [0.5, 0.6) is 0 Å². The van der Waals surface area contributed by atoms with Crippen molar-refractivity contribution in [1.82, 2.24) is 21.3 Å². The number of aliphatic imine (C=N–C) groups is 1. The second-order valence-corrected chi connectivity index (χ2v) is 7.82. The molecule has 0 aromatic carbocycles. The molecule has 11 N–H and O–H groups in total. The summed E-state index contributed by atoms with van der Waals surface area (Å²) in [5.41, 5.74) is 10.4. The number of nitrogens with two attached hydrogens (primary N) is 2. The van der Waals surface area contributed by atoms with Crippen LogP contribution in [0.25, 0.3) is 0 Å². The van der Waals surface area contributed by atoms with Gasteiger partial charge < -0.3 is 48.1 Å². The first-order chi connectivity index (χ1) is 16.4. The fourth-order valence-electron chi connectivity index (χ4n) is 3.25. The molecular formula is C19H31N7O9. The molecule has 4 atom stereocenters. The minimum Gasteiger partial charge on any atom is -0.481 e. The predicted molar refractivity (Wildman–Crippen MR) is 119 cm³/mol. The number of amides is 3. The van der Waals surface area contributed by atoms with Crippen molar-refractivity contribution in [2.75, 3.05) is 13.1 Å². The van der Waals surface area contributed by atoms with Gasteiger partial charge in [0.25, 0.3) is 0 Å². The Labute approximate surface area is 199 Å². The average Bonchev–Trinajstić information content (AvgIpc) is 3.28. The predicted octanol–water partition coefficient (Wildman–Crippen LogP) is -3.72. The van der Waals surface area contributed by atoms with E-state index in [4.69, 9.17) is 21.7 Å². The van der Waals surface area contributed by atoms with Gasteiger partial charge in [-0.3, -0.25) is 29.0 Å². The molecule has 0 saturated carbocycles. The van der Waals surface area contributed by atoms with Gasteiger partial charge >= 0.3 is 17.9 Å². The molecule has 1 aliphatic rings. The summed E-state index contributed by atoms with van der Waals surface area (Å²) in [6, 6.07) is -5.39. The van der Waals surface area contributed by atoms with Gasteiger partial charge in [0, 0.05) is 6.54 Å². The number of carboxylic acids is 3. The Kier molecular flexibility index (Phi) is 11.9. The standard InChI is InChI=1S/C19H31N7O9/c20-19(21)23-6-2-4-10(18(34)35)24-16(32)11(7-13(27)28)26-17(33)12(8-14(29)30)25-15(31)9-3-1-5-22-9/h9-12,22H,1-8H2,(H,24,32)(H,25,31)(H,26,33)(H,27,28)(H,29,30)(H,34,35)(H4,20,21,23). The number of hydrogen-bond donors (Lipinski definition) is 9. The van der Waals surface area contributed by atoms with Crippen molar-refractivity contribution in [3.63, 3.8) is 0 Å². The molecule has 1 rings (SSSR count). The van der Waals surface area contributed by atoms with Gasteiger partial charge in [-0.1, -0.05) is 0 Å². The fraction of sp³-hybridized carbons (Fsp3) is 0.632. The molecule has 0 aromatic rings. The molecule has 35 heavy (non-hydrogen) atoms. The maximum absolute atomic E-state index is 12.7. The highest BCUT2D eigenvalue weighted by Gasteiger charge is 2.33. The minimum absolute atomic E-state index is 0.0870. The fourth-order valence-corrected chi connectivity index (χ4v) is 3.25. The Balaban J connectivity index is 2.89. The molecule has 1 fully saturated rings. The van der Waals surface area contributed by atoms with Gasteiger partial charge in [0.1, 0.15) is 18.1 Å². The molecule has 0 aliphatic carbocycles. The Morgan fingerprint density at radius 3 is 1.89 bits per heavy atom. The Morgan fingerprint density at radius 1 is 0.886 bits per heavy atom. The van der Waals surface area contributed by atoms with Crippen LogP contribution in [0.15, 0.2) is 4.99 Å². The lowest BCUT2D eigenvalue weighted by atomic mass is 10.1. The summed E-state index contributed by atoms with van der Waals surface area (Å²) in [5.74, 6) is -7.36. The number of rotatable bonds is 15. The number of aliphatic carboxylic acids is 3. The second kappa shape index (κ2) is 14.3. The van der Waals surface area contributed by atoms with Crippen LogP contribution < -0.4 is 32.7 Å². The number of nitrogens with one attached hydrogen (secondary N) is 4. The van der Waals surface area contributed by atoms with E-state index in [0.29, 0.717) is 19.4 Å². The van der Waals surface area contributed by atoms with Crippen molar-refractivity contribution >= 4 is 41.6 Å². The van der Waals surface area contributed by atoms with E-state index in [1.54, 1.807) is 0 Å². The number of guanidine groups is 1. The normalized spacial score (nSPS) is 17.3. The van der Waals surface area contributed by atoms with Gasteiger partial charge in [0.15, 0.2) is 5.96 Å². The summed E-state index contributed by atoms with van der Waals surface area (Å²) < 4.78 is 0. The van der Waals surface area contributed by atoms with Crippen LogP contribution in [0.2, 0.25) is 0 Å². The first-order valence-electron chi connectivity index (χ1n) is 10.8. The number of carboxylic acid groups (broad SMARTS) is 3. The highest BCUT2D eigenvalue weighted by molar-refractivity contribution is 5.96. The lowest BCUT2D eigenvalue weighted by Crippen LogP contribution is -2.57. The minimum atomic E-state index is -1.74. The average molecular weight is 501 g/mol. The third-order valence-electron chi connectivity index (χ3n) is 4.96. The van der Waals surface area contributed by atoms with Crippen molar-refractivity contribution in [2.24, 2.45) is 16.5 Å². The van der Waals surface area contributed by atoms with E-state index in [9.17, 15) is 33.9 Å². The van der Waals surface area contributed by atoms with Crippen LogP contribution >= 0.6 is 0 Å². The van der Waals surface area contributed by atoms with Crippen LogP contribution in [-0.4, -0.2) is 94.2 Å². The Morgan fingerprint density at radius 2 is 1.43 bits per heavy atom. The molecule has 0 spiro atoms. The van der Waals surface area contributed by atoms with E-state index in [1.165, 1.54) is 0 Å². The second-order valence-electron chi connectivity index (χ2n) is 7.82. The molecule has 16 heteroatoms. The highest BCUT2D eigenvalue weighted by atomic mass is 16.4. The van der Waals surface area contributed by atoms with E-state index < -0.39 is 72.6 Å². The van der Waals surface area contributed by atoms with Crippen LogP contribution in [-0.2, 0) is 28.8 Å². The number of nitrogens with zero attached hydrogens (tertiary/aromatic N) is 1. The number of carbonyl (C=O) groups excluding carboxylic acids is 3. The monoisotopic (exact) mass is 501 g/mol. The molecule has 0 aromatic heterocycles. The van der Waals surface area contributed by atoms with Gasteiger partial charge in [0.2, 0.25) is 17.7 Å². The van der Waals surface area contributed by atoms with E-state index in [0.717, 1.165) is 0 Å². The molecule has 0 bridgehead atoms. The SMILES string of the molecule is NC(N)=NCCCC(NC(=O)C(CC(=O)O)NC(=O)C(CC(=O)O)NC(=O)C1CCCN1)C(=O)O. The molecule has 16 nitrogen and oxygen atoms in total. The van der Waals surface area contributed by atoms with E-state index in [2.05, 4.69) is 26.3 Å². The van der Waals surface area contributed by atoms with Crippen molar-refractivity contribution in [3.8, 4) is 0 Å². The maximum Gasteiger partial charge on any atom is 0.326 e. The lowest BCUT2D eigenvalue weighted by Gasteiger charge is -2.24. The Bertz CT molecular complexity index is 839. The van der Waals surface area contributed by atoms with Crippen LogP contribution in [0.3, 0.4) is 0 Å². The third-order valence-corrected chi connectivity index (χ3v) is 4.96. The van der Waals surface area contributed by atoms with E-state index in [1.807, 2.05) is 0 Å². The zero-order chi connectivity index (χ0) is 26.5. The molecular weight excluding hydrogens is 470 g/mol. The van der Waals surface area contributed by atoms with Crippen molar-refractivity contribution in [2.45, 2.75) is 62.7 Å². The van der Waals surface area contributed by atoms with Crippen molar-refractivity contribution < 1.29 is 44.1 Å². The smallest absolute Gasteiger partial charge is 0.326 e. The summed E-state index contributed by atoms with van der Waals surface area (Å²) in [5, 5.41) is 37.0. The summed E-state index contributed by atoms with van der Waals surface area (Å²) in [7, 11) is 0. The lowest BCUT2D eigenvalue weighted by molar-refractivity contribution is -0.145. The van der Waals surface area contributed by atoms with Gasteiger partial charge in [-0.15, -0.1) is 0 Å². The van der Waals surface area contributed by atoms with Gasteiger partial charge in [-0.2, -0.15) is 0 Å². The first kappa shape index (κ1) is 29.1. The molecule has 4 unspecified atom stereocenters. The van der Waals surface area contributed by atoms with Crippen molar-refractivity contribution in [1.29, 1.82) is 0 Å². The summed E-state index contributed by atoms with van der Waals surface area (Å²) >= 11 is 0. The first-order valence-corrected chi connectivity index (χ1v) is 10.8. The number of hydrogen-bond acceptors (Lipinski definition) is 8. The van der Waals surface area contributed by atoms with E-state index in [-0.39, 0.29) is 25.3 Å². The molecule has 0 radical (unpaired) electrons. The molecule has 196 valence electrons. The van der Waals surface area contributed by atoms with Gasteiger partial charge in [0.05, 0.1) is 18.9 Å². The number of carbonyl (C=O) groups is 6. The molecule has 1 heterocycles. The summed E-state index contributed by atoms with van der Waals surface area (Å²) in [6.07, 6.45) is -0.475. The highest BCUT2D eigenvalue weighted by Crippen LogP contribution is 2.07. The topological polar surface area (TPSA) is 276 Å². The molecule has 3 amide bonds. The van der Waals surface area contributed by atoms with Crippen LogP contribution in [0, 0.1) is 0 Å². The van der Waals surface area contributed by atoms with Crippen molar-refractivity contribution in [3.05, 3.63) is 0 Å². The zero-order valence-electron chi connectivity index (χ0n) is 18.9. The molecule has 1 aliphatic heterocycles. The third kappa shape index (κ3) is 11.1. The Hall–Kier alpha value is -3.95. The summed E-state index contributed by atoms with van der Waals surface area (Å²) in [4.78, 5) is 75.2. The zero-order valence-corrected chi connectivity index (χ0v) is 18.9. The largest absolute Gasteiger partial charge is 0.481 e. The van der Waals surface area contributed by atoms with Crippen LogP contribution in [0.4, 0.5) is 0 Å². The summed E-state index contributed by atoms with van der Waals surface area (Å²) in [6.45, 7) is 0.662. The van der Waals surface area contributed by atoms with Gasteiger partial charge in [-0.25, -0.2) is 4.79 Å².